The van der Waals surface area contributed by atoms with Gasteiger partial charge in [-0.1, -0.05) is 54.6 Å². The van der Waals surface area contributed by atoms with Gasteiger partial charge in [-0.15, -0.1) is 0 Å². The van der Waals surface area contributed by atoms with Gasteiger partial charge in [-0.3, -0.25) is 4.79 Å². The van der Waals surface area contributed by atoms with Crippen LogP contribution >= 0.6 is 15.9 Å². The highest BCUT2D eigenvalue weighted by molar-refractivity contribution is 9.10. The van der Waals surface area contributed by atoms with Crippen molar-refractivity contribution in [3.63, 3.8) is 0 Å². The second-order valence-electron chi connectivity index (χ2n) is 4.75. The molecule has 0 fully saturated rings. The molecule has 1 amide bonds. The van der Waals surface area contributed by atoms with Gasteiger partial charge in [0.2, 0.25) is 0 Å². The summed E-state index contributed by atoms with van der Waals surface area (Å²) in [7, 11) is 0. The van der Waals surface area contributed by atoms with Crippen molar-refractivity contribution >= 4 is 38.8 Å². The molecule has 0 saturated carbocycles. The maximum absolute atomic E-state index is 12.1. The van der Waals surface area contributed by atoms with Crippen LogP contribution in [0.2, 0.25) is 0 Å². The Morgan fingerprint density at radius 2 is 1.68 bits per heavy atom. The van der Waals surface area contributed by atoms with Gasteiger partial charge in [-0.05, 0) is 38.8 Å². The van der Waals surface area contributed by atoms with Gasteiger partial charge in [0.1, 0.15) is 0 Å². The van der Waals surface area contributed by atoms with Crippen molar-refractivity contribution in [2.45, 2.75) is 0 Å². The lowest BCUT2D eigenvalue weighted by Gasteiger charge is -2.03. The van der Waals surface area contributed by atoms with Crippen molar-refractivity contribution in [2.75, 3.05) is 0 Å². The van der Waals surface area contributed by atoms with E-state index in [1.165, 1.54) is 0 Å². The van der Waals surface area contributed by atoms with E-state index in [4.69, 9.17) is 0 Å². The fourth-order valence-electron chi connectivity index (χ4n) is 2.23. The molecule has 3 aromatic rings. The van der Waals surface area contributed by atoms with Crippen LogP contribution in [0.5, 0.6) is 0 Å². The summed E-state index contributed by atoms with van der Waals surface area (Å²) in [5.41, 5.74) is 4.07. The minimum absolute atomic E-state index is 0.246. The first-order valence-corrected chi connectivity index (χ1v) is 7.61. The van der Waals surface area contributed by atoms with E-state index in [-0.39, 0.29) is 5.91 Å². The molecule has 0 atom stereocenters. The smallest absolute Gasteiger partial charge is 0.267 e. The SMILES string of the molecule is O=C(NN=Cc1cccc2ccccc12)c1ccccc1Br. The molecule has 0 heterocycles. The number of carbonyl (C=O) groups is 1. The van der Waals surface area contributed by atoms with E-state index in [0.717, 1.165) is 20.8 Å². The molecule has 0 aliphatic rings. The van der Waals surface area contributed by atoms with Crippen LogP contribution in [0.1, 0.15) is 15.9 Å². The Kier molecular flexibility index (Phi) is 4.30. The van der Waals surface area contributed by atoms with E-state index >= 15 is 0 Å². The lowest BCUT2D eigenvalue weighted by Crippen LogP contribution is -2.18. The molecule has 0 saturated heterocycles. The number of amides is 1. The summed E-state index contributed by atoms with van der Waals surface area (Å²) in [6, 6.07) is 21.3. The lowest BCUT2D eigenvalue weighted by molar-refractivity contribution is 0.0954. The second-order valence-corrected chi connectivity index (χ2v) is 5.60. The van der Waals surface area contributed by atoms with Gasteiger partial charge in [0, 0.05) is 10.0 Å². The summed E-state index contributed by atoms with van der Waals surface area (Å²) in [5, 5.41) is 6.31. The summed E-state index contributed by atoms with van der Waals surface area (Å²) in [4.78, 5) is 12.1. The van der Waals surface area contributed by atoms with Gasteiger partial charge in [0.05, 0.1) is 11.8 Å². The predicted octanol–water partition coefficient (Wildman–Crippen LogP) is 4.37. The summed E-state index contributed by atoms with van der Waals surface area (Å²) >= 11 is 3.35. The normalized spacial score (nSPS) is 11.0. The number of carbonyl (C=O) groups excluding carboxylic acids is 1. The molecule has 0 radical (unpaired) electrons. The zero-order valence-corrected chi connectivity index (χ0v) is 13.2. The molecule has 22 heavy (non-hydrogen) atoms. The highest BCUT2D eigenvalue weighted by Gasteiger charge is 2.07. The highest BCUT2D eigenvalue weighted by atomic mass is 79.9. The first-order chi connectivity index (χ1) is 10.8. The van der Waals surface area contributed by atoms with Crippen LogP contribution in [0.25, 0.3) is 10.8 Å². The van der Waals surface area contributed by atoms with E-state index in [1.54, 1.807) is 12.3 Å². The van der Waals surface area contributed by atoms with Gasteiger partial charge < -0.3 is 0 Å². The number of hydrazone groups is 1. The average Bonchev–Trinajstić information content (AvgIpc) is 2.55. The Labute approximate surface area is 136 Å². The molecule has 0 aliphatic carbocycles. The summed E-state index contributed by atoms with van der Waals surface area (Å²) in [6.07, 6.45) is 1.66. The Morgan fingerprint density at radius 3 is 2.55 bits per heavy atom. The first kappa shape index (κ1) is 14.5. The van der Waals surface area contributed by atoms with Crippen molar-refractivity contribution in [3.05, 3.63) is 82.3 Å². The van der Waals surface area contributed by atoms with Crippen molar-refractivity contribution in [2.24, 2.45) is 5.10 Å². The van der Waals surface area contributed by atoms with Crippen molar-refractivity contribution in [3.8, 4) is 0 Å². The third kappa shape index (κ3) is 3.07. The largest absolute Gasteiger partial charge is 0.272 e. The van der Waals surface area contributed by atoms with Crippen LogP contribution in [-0.4, -0.2) is 12.1 Å². The molecule has 0 aromatic heterocycles. The number of benzene rings is 3. The maximum atomic E-state index is 12.1. The summed E-state index contributed by atoms with van der Waals surface area (Å²) in [5.74, 6) is -0.246. The van der Waals surface area contributed by atoms with Crippen LogP contribution in [-0.2, 0) is 0 Å². The molecular weight excluding hydrogens is 340 g/mol. The molecule has 4 heteroatoms. The van der Waals surface area contributed by atoms with E-state index < -0.39 is 0 Å². The molecule has 0 aliphatic heterocycles. The van der Waals surface area contributed by atoms with E-state index in [2.05, 4.69) is 26.5 Å². The number of rotatable bonds is 3. The van der Waals surface area contributed by atoms with E-state index in [0.29, 0.717) is 5.56 Å². The minimum Gasteiger partial charge on any atom is -0.267 e. The number of nitrogens with zero attached hydrogens (tertiary/aromatic N) is 1. The highest BCUT2D eigenvalue weighted by Crippen LogP contribution is 2.17. The van der Waals surface area contributed by atoms with E-state index in [9.17, 15) is 4.79 Å². The average molecular weight is 353 g/mol. The number of fused-ring (bicyclic) bond motifs is 1. The minimum atomic E-state index is -0.246. The number of hydrogen-bond donors (Lipinski definition) is 1. The van der Waals surface area contributed by atoms with Gasteiger partial charge in [0.15, 0.2) is 0 Å². The molecule has 0 spiro atoms. The van der Waals surface area contributed by atoms with Gasteiger partial charge in [-0.2, -0.15) is 5.10 Å². The van der Waals surface area contributed by atoms with Crippen molar-refractivity contribution in [1.29, 1.82) is 0 Å². The Bertz CT molecular complexity index is 853. The van der Waals surface area contributed by atoms with Crippen LogP contribution in [0, 0.1) is 0 Å². The number of hydrogen-bond acceptors (Lipinski definition) is 2. The van der Waals surface area contributed by atoms with Crippen LogP contribution in [0.3, 0.4) is 0 Å². The number of nitrogens with one attached hydrogen (secondary N) is 1. The van der Waals surface area contributed by atoms with Gasteiger partial charge in [-0.25, -0.2) is 5.43 Å². The molecule has 0 bridgehead atoms. The molecule has 3 aromatic carbocycles. The Hall–Kier alpha value is -2.46. The number of halogens is 1. The van der Waals surface area contributed by atoms with Crippen LogP contribution < -0.4 is 5.43 Å². The molecule has 1 N–H and O–H groups in total. The fourth-order valence-corrected chi connectivity index (χ4v) is 2.69. The topological polar surface area (TPSA) is 41.5 Å². The molecule has 0 unspecified atom stereocenters. The van der Waals surface area contributed by atoms with Crippen molar-refractivity contribution < 1.29 is 4.79 Å². The summed E-state index contributed by atoms with van der Waals surface area (Å²) in [6.45, 7) is 0. The van der Waals surface area contributed by atoms with Crippen LogP contribution in [0.4, 0.5) is 0 Å². The second kappa shape index (κ2) is 6.54. The fraction of sp³-hybridized carbons (Fsp3) is 0. The zero-order valence-electron chi connectivity index (χ0n) is 11.7. The zero-order chi connectivity index (χ0) is 15.4. The third-order valence-electron chi connectivity index (χ3n) is 3.31. The molecule has 108 valence electrons. The Morgan fingerprint density at radius 1 is 0.955 bits per heavy atom. The lowest BCUT2D eigenvalue weighted by atomic mass is 10.1. The predicted molar refractivity (Wildman–Crippen MR) is 93.2 cm³/mol. The van der Waals surface area contributed by atoms with E-state index in [1.807, 2.05) is 60.7 Å². The monoisotopic (exact) mass is 352 g/mol. The quantitative estimate of drug-likeness (QED) is 0.552. The van der Waals surface area contributed by atoms with Crippen LogP contribution in [0.15, 0.2) is 76.3 Å². The maximum Gasteiger partial charge on any atom is 0.272 e. The Balaban J connectivity index is 1.80. The van der Waals surface area contributed by atoms with Crippen molar-refractivity contribution in [1.82, 2.24) is 5.43 Å². The standard InChI is InChI=1S/C18H13BrN2O/c19-17-11-4-3-10-16(17)18(22)21-20-12-14-8-5-7-13-6-1-2-9-15(13)14/h1-12H,(H,21,22). The molecule has 3 rings (SSSR count). The molecule has 3 nitrogen and oxygen atoms in total. The summed E-state index contributed by atoms with van der Waals surface area (Å²) < 4.78 is 0.743. The third-order valence-corrected chi connectivity index (χ3v) is 4.00. The van der Waals surface area contributed by atoms with Gasteiger partial charge >= 0.3 is 0 Å². The molecular formula is C18H13BrN2O. The first-order valence-electron chi connectivity index (χ1n) is 6.81. The van der Waals surface area contributed by atoms with Gasteiger partial charge in [0.25, 0.3) is 5.91 Å².